The van der Waals surface area contributed by atoms with Crippen molar-refractivity contribution in [3.8, 4) is 5.75 Å². The van der Waals surface area contributed by atoms with Gasteiger partial charge in [-0.2, -0.15) is 5.10 Å². The summed E-state index contributed by atoms with van der Waals surface area (Å²) in [5.74, 6) is 0.878. The summed E-state index contributed by atoms with van der Waals surface area (Å²) in [6.45, 7) is 5.10. The van der Waals surface area contributed by atoms with Crippen LogP contribution in [0.3, 0.4) is 0 Å². The number of hydrogen-bond donors (Lipinski definition) is 1. The number of aliphatic hydroxyl groups is 1. The lowest BCUT2D eigenvalue weighted by molar-refractivity contribution is 0.279. The van der Waals surface area contributed by atoms with E-state index in [1.165, 1.54) is 5.56 Å². The van der Waals surface area contributed by atoms with Gasteiger partial charge in [0.25, 0.3) is 0 Å². The topological polar surface area (TPSA) is 47.3 Å². The van der Waals surface area contributed by atoms with Crippen LogP contribution in [-0.2, 0) is 32.4 Å². The lowest BCUT2D eigenvalue weighted by atomic mass is 10.1. The molecular formula is C17H24N2O2. The van der Waals surface area contributed by atoms with Crippen LogP contribution in [0, 0.1) is 0 Å². The highest BCUT2D eigenvalue weighted by Gasteiger charge is 2.14. The average Bonchev–Trinajstić information content (AvgIpc) is 2.90. The molecule has 0 unspecified atom stereocenters. The van der Waals surface area contributed by atoms with Gasteiger partial charge in [0, 0.05) is 17.8 Å². The molecule has 4 heteroatoms. The Morgan fingerprint density at radius 1 is 1.14 bits per heavy atom. The normalized spacial score (nSPS) is 10.9. The van der Waals surface area contributed by atoms with Gasteiger partial charge in [-0.3, -0.25) is 4.68 Å². The third-order valence-electron chi connectivity index (χ3n) is 3.85. The molecule has 0 saturated carbocycles. The Morgan fingerprint density at radius 2 is 1.86 bits per heavy atom. The minimum Gasteiger partial charge on any atom is -0.497 e. The molecular weight excluding hydrogens is 264 g/mol. The highest BCUT2D eigenvalue weighted by Crippen LogP contribution is 2.18. The smallest absolute Gasteiger partial charge is 0.118 e. The first-order valence-electron chi connectivity index (χ1n) is 7.54. The molecule has 1 heterocycles. The number of ether oxygens (including phenoxy) is 1. The maximum atomic E-state index is 9.55. The number of nitrogens with zero attached hydrogens (tertiary/aromatic N) is 2. The van der Waals surface area contributed by atoms with Crippen molar-refractivity contribution in [3.05, 3.63) is 46.8 Å². The van der Waals surface area contributed by atoms with E-state index in [1.807, 2.05) is 12.1 Å². The zero-order valence-corrected chi connectivity index (χ0v) is 13.1. The van der Waals surface area contributed by atoms with Gasteiger partial charge in [0.1, 0.15) is 5.75 Å². The maximum absolute atomic E-state index is 9.55. The van der Waals surface area contributed by atoms with E-state index in [2.05, 4.69) is 35.8 Å². The molecule has 1 aromatic carbocycles. The summed E-state index contributed by atoms with van der Waals surface area (Å²) in [7, 11) is 1.68. The van der Waals surface area contributed by atoms with Crippen LogP contribution in [0.15, 0.2) is 24.3 Å². The molecule has 0 saturated heterocycles. The van der Waals surface area contributed by atoms with E-state index in [-0.39, 0.29) is 6.61 Å². The first-order valence-corrected chi connectivity index (χ1v) is 7.54. The van der Waals surface area contributed by atoms with Crippen LogP contribution in [0.5, 0.6) is 5.75 Å². The molecule has 0 aliphatic carbocycles. The number of benzene rings is 1. The predicted octanol–water partition coefficient (Wildman–Crippen LogP) is 2.75. The Morgan fingerprint density at radius 3 is 2.38 bits per heavy atom. The molecule has 0 aliphatic rings. The van der Waals surface area contributed by atoms with Crippen LogP contribution in [0.25, 0.3) is 0 Å². The number of aliphatic hydroxyl groups excluding tert-OH is 1. The van der Waals surface area contributed by atoms with Crippen molar-refractivity contribution in [1.29, 1.82) is 0 Å². The molecule has 0 aliphatic heterocycles. The fourth-order valence-corrected chi connectivity index (χ4v) is 2.66. The van der Waals surface area contributed by atoms with Crippen molar-refractivity contribution in [2.75, 3.05) is 7.11 Å². The molecule has 0 spiro atoms. The molecule has 2 aromatic rings. The molecule has 0 atom stereocenters. The highest BCUT2D eigenvalue weighted by atomic mass is 16.5. The Bertz CT molecular complexity index is 573. The van der Waals surface area contributed by atoms with Crippen LogP contribution in [0.4, 0.5) is 0 Å². The Labute approximate surface area is 126 Å². The summed E-state index contributed by atoms with van der Waals surface area (Å²) in [4.78, 5) is 0. The van der Waals surface area contributed by atoms with Gasteiger partial charge < -0.3 is 9.84 Å². The SMILES string of the molecule is CCc1nn(CCc2ccc(OC)cc2)c(CC)c1CO. The van der Waals surface area contributed by atoms with Crippen molar-refractivity contribution in [2.45, 2.75) is 46.3 Å². The second-order valence-corrected chi connectivity index (χ2v) is 5.06. The van der Waals surface area contributed by atoms with E-state index in [0.717, 1.165) is 48.5 Å². The Kier molecular flexibility index (Phi) is 5.39. The Hall–Kier alpha value is -1.81. The van der Waals surface area contributed by atoms with Gasteiger partial charge in [0.15, 0.2) is 0 Å². The van der Waals surface area contributed by atoms with E-state index >= 15 is 0 Å². The van der Waals surface area contributed by atoms with Gasteiger partial charge in [0.2, 0.25) is 0 Å². The molecule has 0 bridgehead atoms. The van der Waals surface area contributed by atoms with E-state index in [4.69, 9.17) is 4.74 Å². The van der Waals surface area contributed by atoms with Crippen LogP contribution >= 0.6 is 0 Å². The third-order valence-corrected chi connectivity index (χ3v) is 3.85. The van der Waals surface area contributed by atoms with Gasteiger partial charge in [-0.15, -0.1) is 0 Å². The van der Waals surface area contributed by atoms with Gasteiger partial charge in [-0.25, -0.2) is 0 Å². The zero-order valence-electron chi connectivity index (χ0n) is 13.1. The summed E-state index contributed by atoms with van der Waals surface area (Å²) >= 11 is 0. The number of rotatable bonds is 7. The molecule has 21 heavy (non-hydrogen) atoms. The van der Waals surface area contributed by atoms with E-state index in [9.17, 15) is 5.11 Å². The summed E-state index contributed by atoms with van der Waals surface area (Å²) in [6, 6.07) is 8.13. The minimum atomic E-state index is 0.0783. The zero-order chi connectivity index (χ0) is 15.2. The van der Waals surface area contributed by atoms with Gasteiger partial charge in [-0.1, -0.05) is 26.0 Å². The lowest BCUT2D eigenvalue weighted by Crippen LogP contribution is -2.08. The van der Waals surface area contributed by atoms with Crippen molar-refractivity contribution in [3.63, 3.8) is 0 Å². The van der Waals surface area contributed by atoms with E-state index < -0.39 is 0 Å². The van der Waals surface area contributed by atoms with Crippen LogP contribution in [-0.4, -0.2) is 22.0 Å². The summed E-state index contributed by atoms with van der Waals surface area (Å²) in [5, 5.41) is 14.2. The van der Waals surface area contributed by atoms with Gasteiger partial charge in [-0.05, 0) is 37.0 Å². The number of hydrogen-bond acceptors (Lipinski definition) is 3. The van der Waals surface area contributed by atoms with Gasteiger partial charge in [0.05, 0.1) is 19.4 Å². The van der Waals surface area contributed by atoms with Gasteiger partial charge >= 0.3 is 0 Å². The number of aromatic nitrogens is 2. The molecule has 114 valence electrons. The molecule has 1 N–H and O–H groups in total. The van der Waals surface area contributed by atoms with Crippen LogP contribution < -0.4 is 4.74 Å². The summed E-state index contributed by atoms with van der Waals surface area (Å²) < 4.78 is 7.22. The first kappa shape index (κ1) is 15.6. The minimum absolute atomic E-state index is 0.0783. The average molecular weight is 288 g/mol. The second kappa shape index (κ2) is 7.27. The van der Waals surface area contributed by atoms with E-state index in [1.54, 1.807) is 7.11 Å². The largest absolute Gasteiger partial charge is 0.497 e. The van der Waals surface area contributed by atoms with Crippen LogP contribution in [0.2, 0.25) is 0 Å². The molecule has 0 amide bonds. The van der Waals surface area contributed by atoms with Crippen molar-refractivity contribution in [2.24, 2.45) is 0 Å². The van der Waals surface area contributed by atoms with Crippen molar-refractivity contribution >= 4 is 0 Å². The molecule has 0 radical (unpaired) electrons. The van der Waals surface area contributed by atoms with Crippen LogP contribution in [0.1, 0.15) is 36.4 Å². The standard InChI is InChI=1S/C17H24N2O2/c1-4-16-15(12-20)17(5-2)19(18-16)11-10-13-6-8-14(21-3)9-7-13/h6-9,20H,4-5,10-12H2,1-3H3. The fourth-order valence-electron chi connectivity index (χ4n) is 2.66. The molecule has 1 aromatic heterocycles. The summed E-state index contributed by atoms with van der Waals surface area (Å²) in [6.07, 6.45) is 2.68. The molecule has 0 fully saturated rings. The highest BCUT2D eigenvalue weighted by molar-refractivity contribution is 5.28. The third kappa shape index (κ3) is 3.45. The maximum Gasteiger partial charge on any atom is 0.118 e. The predicted molar refractivity (Wildman–Crippen MR) is 83.6 cm³/mol. The molecule has 4 nitrogen and oxygen atoms in total. The number of aryl methyl sites for hydroxylation is 3. The number of methoxy groups -OCH3 is 1. The quantitative estimate of drug-likeness (QED) is 0.852. The monoisotopic (exact) mass is 288 g/mol. The van der Waals surface area contributed by atoms with Crippen molar-refractivity contribution < 1.29 is 9.84 Å². The second-order valence-electron chi connectivity index (χ2n) is 5.06. The van der Waals surface area contributed by atoms with Crippen molar-refractivity contribution in [1.82, 2.24) is 9.78 Å². The Balaban J connectivity index is 2.13. The lowest BCUT2D eigenvalue weighted by Gasteiger charge is -2.08. The van der Waals surface area contributed by atoms with E-state index in [0.29, 0.717) is 0 Å². The fraction of sp³-hybridized carbons (Fsp3) is 0.471. The first-order chi connectivity index (χ1) is 10.2. The molecule has 2 rings (SSSR count). The summed E-state index contributed by atoms with van der Waals surface area (Å²) in [5.41, 5.74) is 4.44.